The number of rotatable bonds is 7. The molecule has 3 N–H and O–H groups in total. The topological polar surface area (TPSA) is 221 Å². The first kappa shape index (κ1) is 33.6. The molecule has 0 unspecified atom stereocenters. The van der Waals surface area contributed by atoms with Crippen molar-refractivity contribution in [2.45, 2.75) is 9.79 Å². The van der Waals surface area contributed by atoms with E-state index in [1.807, 2.05) is 0 Å². The van der Waals surface area contributed by atoms with Crippen LogP contribution in [0.25, 0.3) is 0 Å². The Morgan fingerprint density at radius 2 is 1.31 bits per heavy atom. The van der Waals surface area contributed by atoms with E-state index in [1.165, 1.54) is 36.4 Å². The van der Waals surface area contributed by atoms with Crippen LogP contribution in [0.3, 0.4) is 0 Å². The zero-order valence-electron chi connectivity index (χ0n) is 20.5. The Labute approximate surface area is 268 Å². The molecule has 39 heavy (non-hydrogen) atoms. The van der Waals surface area contributed by atoms with Crippen molar-refractivity contribution < 1.29 is 103 Å². The van der Waals surface area contributed by atoms with Gasteiger partial charge in [-0.3, -0.25) is 9.59 Å². The molecule has 3 aromatic rings. The van der Waals surface area contributed by atoms with Gasteiger partial charge in [0.2, 0.25) is 0 Å². The van der Waals surface area contributed by atoms with E-state index in [1.54, 1.807) is 0 Å². The molecule has 1 aliphatic rings. The zero-order chi connectivity index (χ0) is 27.3. The predicted octanol–water partition coefficient (Wildman–Crippen LogP) is -4.98. The summed E-state index contributed by atoms with van der Waals surface area (Å²) in [6.07, 6.45) is 0. The molecule has 0 atom stereocenters. The zero-order valence-corrected chi connectivity index (χ0v) is 26.9. The Bertz CT molecular complexity index is 1820. The van der Waals surface area contributed by atoms with Crippen LogP contribution in [0.1, 0.15) is 31.8 Å². The average Bonchev–Trinajstić information content (AvgIpc) is 2.81. The Kier molecular flexibility index (Phi) is 10.4. The van der Waals surface area contributed by atoms with E-state index in [2.05, 4.69) is 5.32 Å². The minimum absolute atomic E-state index is 0. The van der Waals surface area contributed by atoms with Crippen molar-refractivity contribution >= 4 is 58.7 Å². The van der Waals surface area contributed by atoms with Crippen LogP contribution >= 0.6 is 0 Å². The van der Waals surface area contributed by atoms with E-state index < -0.39 is 79.9 Å². The summed E-state index contributed by atoms with van der Waals surface area (Å²) in [7, 11) is -14.4. The maximum absolute atomic E-state index is 13.4. The Balaban J connectivity index is 0.00000267. The number of ketones is 2. The van der Waals surface area contributed by atoms with Gasteiger partial charge < -0.3 is 20.2 Å². The van der Waals surface area contributed by atoms with Gasteiger partial charge >= 0.3 is 59.1 Å². The molecule has 0 aromatic heterocycles. The Morgan fingerprint density at radius 3 is 1.85 bits per heavy atom. The first-order chi connectivity index (χ1) is 17.1. The summed E-state index contributed by atoms with van der Waals surface area (Å²) in [4.78, 5) is 25.1. The number of nitrogen functional groups attached to an aromatic ring is 1. The summed E-state index contributed by atoms with van der Waals surface area (Å²) in [5.41, 5.74) is 3.94. The fraction of sp³-hybridized carbons (Fsp3) is 0.0909. The number of hydrogen-bond acceptors (Lipinski definition) is 12. The van der Waals surface area contributed by atoms with Gasteiger partial charge in [0.05, 0.1) is 48.2 Å². The summed E-state index contributed by atoms with van der Waals surface area (Å²) in [6.45, 7) is 0. The SMILES string of the molecule is Nc1cc(S(=O)(=O)[O-])c(Nc2cccc(S(=O)(=O)CCS(=O)(=O)[O-])c2)c2c1C(=O)c1ccccc1C2=O.[Na+].[Na+]. The van der Waals surface area contributed by atoms with Crippen LogP contribution in [-0.4, -0.2) is 57.4 Å². The van der Waals surface area contributed by atoms with Gasteiger partial charge in [0.1, 0.15) is 10.1 Å². The minimum atomic E-state index is -5.27. The third kappa shape index (κ3) is 7.00. The molecule has 0 heterocycles. The molecule has 1 aliphatic carbocycles. The molecule has 0 radical (unpaired) electrons. The molecule has 0 fully saturated rings. The van der Waals surface area contributed by atoms with Crippen LogP contribution in [0.4, 0.5) is 17.1 Å². The van der Waals surface area contributed by atoms with Gasteiger partial charge in [-0.2, -0.15) is 0 Å². The van der Waals surface area contributed by atoms with Crippen LogP contribution in [0.5, 0.6) is 0 Å². The van der Waals surface area contributed by atoms with E-state index in [-0.39, 0.29) is 81.5 Å². The van der Waals surface area contributed by atoms with E-state index in [4.69, 9.17) is 5.73 Å². The number of carbonyl (C=O) groups is 2. The first-order valence-electron chi connectivity index (χ1n) is 10.2. The van der Waals surface area contributed by atoms with Crippen LogP contribution in [0.15, 0.2) is 64.4 Å². The van der Waals surface area contributed by atoms with Crippen molar-refractivity contribution in [3.63, 3.8) is 0 Å². The summed E-state index contributed by atoms with van der Waals surface area (Å²) < 4.78 is 93.9. The van der Waals surface area contributed by atoms with Crippen molar-refractivity contribution in [1.82, 2.24) is 0 Å². The largest absolute Gasteiger partial charge is 1.00 e. The monoisotopic (exact) mass is 610 g/mol. The van der Waals surface area contributed by atoms with Crippen LogP contribution in [-0.2, 0) is 30.1 Å². The van der Waals surface area contributed by atoms with Crippen molar-refractivity contribution in [3.8, 4) is 0 Å². The van der Waals surface area contributed by atoms with Gasteiger partial charge in [0.25, 0.3) is 0 Å². The van der Waals surface area contributed by atoms with Gasteiger partial charge in [-0.05, 0) is 24.3 Å². The molecule has 0 spiro atoms. The Hall–Kier alpha value is -1.63. The van der Waals surface area contributed by atoms with Crippen LogP contribution in [0.2, 0.25) is 0 Å². The second-order valence-electron chi connectivity index (χ2n) is 7.98. The standard InChI is InChI=1S/C22H18N2O10S3.2Na/c23-16-11-17(37(32,33)34)20(19-18(16)21(25)14-6-1-2-7-15(14)22(19)26)24-12-4-3-5-13(10-12)35(27,28)8-9-36(29,30)31;;/h1-7,10-11,24H,8-9,23H2,(H,29,30,31)(H,32,33,34);;/q;2*+1/p-2. The molecule has 0 amide bonds. The van der Waals surface area contributed by atoms with E-state index in [0.29, 0.717) is 0 Å². The van der Waals surface area contributed by atoms with Crippen molar-refractivity contribution in [1.29, 1.82) is 0 Å². The van der Waals surface area contributed by atoms with Gasteiger partial charge in [-0.1, -0.05) is 30.3 Å². The fourth-order valence-electron chi connectivity index (χ4n) is 3.86. The normalized spacial score (nSPS) is 13.0. The molecule has 4 rings (SSSR count). The average molecular weight is 611 g/mol. The Morgan fingerprint density at radius 1 is 0.744 bits per heavy atom. The molecule has 194 valence electrons. The number of carbonyl (C=O) groups excluding carboxylic acids is 2. The minimum Gasteiger partial charge on any atom is -0.748 e. The smallest absolute Gasteiger partial charge is 0.748 e. The number of nitrogens with two attached hydrogens (primary N) is 1. The predicted molar refractivity (Wildman–Crippen MR) is 128 cm³/mol. The number of hydrogen-bond donors (Lipinski definition) is 2. The molecule has 17 heteroatoms. The van der Waals surface area contributed by atoms with Gasteiger partial charge in [-0.15, -0.1) is 0 Å². The third-order valence-electron chi connectivity index (χ3n) is 5.53. The molecule has 0 saturated carbocycles. The van der Waals surface area contributed by atoms with E-state index in [9.17, 15) is 43.9 Å². The van der Waals surface area contributed by atoms with Gasteiger partial charge in [0.15, 0.2) is 21.4 Å². The maximum atomic E-state index is 13.4. The van der Waals surface area contributed by atoms with Crippen molar-refractivity contribution in [2.75, 3.05) is 22.6 Å². The molecule has 0 aliphatic heterocycles. The molecule has 3 aromatic carbocycles. The molecule has 0 saturated heterocycles. The number of fused-ring (bicyclic) bond motifs is 2. The molecular formula is C22H16N2Na2O10S3. The quantitative estimate of drug-likeness (QED) is 0.114. The summed E-state index contributed by atoms with van der Waals surface area (Å²) in [5, 5.41) is 2.55. The summed E-state index contributed by atoms with van der Waals surface area (Å²) in [6, 6.07) is 11.1. The van der Waals surface area contributed by atoms with E-state index >= 15 is 0 Å². The van der Waals surface area contributed by atoms with Crippen molar-refractivity contribution in [3.05, 3.63) is 76.9 Å². The second kappa shape index (κ2) is 12.1. The van der Waals surface area contributed by atoms with Crippen LogP contribution < -0.4 is 70.2 Å². The molecule has 12 nitrogen and oxygen atoms in total. The number of sulfone groups is 1. The number of anilines is 3. The number of benzene rings is 3. The van der Waals surface area contributed by atoms with Gasteiger partial charge in [-0.25, -0.2) is 25.3 Å². The van der Waals surface area contributed by atoms with Crippen LogP contribution in [0, 0.1) is 0 Å². The third-order valence-corrected chi connectivity index (χ3v) is 9.06. The van der Waals surface area contributed by atoms with E-state index in [0.717, 1.165) is 18.2 Å². The first-order valence-corrected chi connectivity index (χ1v) is 14.9. The molecule has 0 bridgehead atoms. The van der Waals surface area contributed by atoms with Crippen molar-refractivity contribution in [2.24, 2.45) is 0 Å². The summed E-state index contributed by atoms with van der Waals surface area (Å²) in [5.74, 6) is -3.67. The number of nitrogens with one attached hydrogen (secondary N) is 1. The maximum Gasteiger partial charge on any atom is 1.00 e. The molecular weight excluding hydrogens is 594 g/mol. The summed E-state index contributed by atoms with van der Waals surface area (Å²) >= 11 is 0. The second-order valence-corrected chi connectivity index (χ2v) is 13.0. The fourth-order valence-corrected chi connectivity index (χ4v) is 7.06. The van der Waals surface area contributed by atoms with Gasteiger partial charge in [0, 0.05) is 22.5 Å².